The second kappa shape index (κ2) is 8.69. The molecule has 2 aliphatic rings. The molecular weight excluding hydrogens is 343 g/mol. The highest BCUT2D eigenvalue weighted by Crippen LogP contribution is 2.26. The summed E-state index contributed by atoms with van der Waals surface area (Å²) in [6, 6.07) is 15.6. The second-order valence-electron chi connectivity index (χ2n) is 9.18. The van der Waals surface area contributed by atoms with Crippen molar-refractivity contribution in [3.63, 3.8) is 0 Å². The molecule has 1 aliphatic carbocycles. The van der Waals surface area contributed by atoms with E-state index in [4.69, 9.17) is 0 Å². The van der Waals surface area contributed by atoms with Crippen molar-refractivity contribution < 1.29 is 9.19 Å². The van der Waals surface area contributed by atoms with E-state index in [2.05, 4.69) is 54.8 Å². The van der Waals surface area contributed by atoms with Gasteiger partial charge in [-0.3, -0.25) is 4.79 Å². The molecule has 0 atom stereocenters. The Morgan fingerprint density at radius 3 is 2.46 bits per heavy atom. The van der Waals surface area contributed by atoms with E-state index in [1.807, 2.05) is 0 Å². The number of quaternary nitrogens is 1. The Bertz CT molecular complexity index is 807. The van der Waals surface area contributed by atoms with Crippen LogP contribution in [0, 0.1) is 13.0 Å². The van der Waals surface area contributed by atoms with E-state index in [1.54, 1.807) is 0 Å². The maximum atomic E-state index is 12.4. The van der Waals surface area contributed by atoms with Gasteiger partial charge in [-0.1, -0.05) is 61.7 Å². The zero-order valence-corrected chi connectivity index (χ0v) is 17.0. The summed E-state index contributed by atoms with van der Waals surface area (Å²) < 4.78 is 0.827. The lowest BCUT2D eigenvalue weighted by molar-refractivity contribution is -0.780. The van der Waals surface area contributed by atoms with Gasteiger partial charge in [-0.25, -0.2) is 0 Å². The van der Waals surface area contributed by atoms with Crippen molar-refractivity contribution in [2.75, 3.05) is 13.1 Å². The SMILES string of the molecule is [CH2-][N+]1(Bc2ccc3ccccc3c2)CCC(NC(=O)CC2CCCCC2)CC1. The Labute approximate surface area is 170 Å². The molecule has 1 N–H and O–H groups in total. The van der Waals surface area contributed by atoms with Gasteiger partial charge in [0.2, 0.25) is 5.91 Å². The van der Waals surface area contributed by atoms with E-state index in [-0.39, 0.29) is 5.91 Å². The number of likely N-dealkylation sites (tertiary alicyclic amines) is 1. The van der Waals surface area contributed by atoms with E-state index in [0.29, 0.717) is 12.0 Å². The van der Waals surface area contributed by atoms with Gasteiger partial charge >= 0.3 is 7.41 Å². The van der Waals surface area contributed by atoms with E-state index in [0.717, 1.165) is 44.2 Å². The van der Waals surface area contributed by atoms with Gasteiger partial charge in [0, 0.05) is 38.4 Å². The number of nitrogens with zero attached hydrogens (tertiary/aromatic N) is 1. The van der Waals surface area contributed by atoms with Crippen LogP contribution >= 0.6 is 0 Å². The van der Waals surface area contributed by atoms with Crippen molar-refractivity contribution in [1.29, 1.82) is 0 Å². The van der Waals surface area contributed by atoms with Crippen LogP contribution in [0.25, 0.3) is 10.8 Å². The molecule has 2 aromatic rings. The minimum atomic E-state index is 0.274. The smallest absolute Gasteiger partial charge is 0.398 e. The molecule has 148 valence electrons. The number of nitrogens with one attached hydrogen (secondary N) is 1. The Kier molecular flexibility index (Phi) is 6.06. The third kappa shape index (κ3) is 4.97. The molecule has 4 rings (SSSR count). The minimum absolute atomic E-state index is 0.274. The fraction of sp³-hybridized carbons (Fsp3) is 0.500. The number of fused-ring (bicyclic) bond motifs is 1. The van der Waals surface area contributed by atoms with Crippen LogP contribution in [0.15, 0.2) is 42.5 Å². The molecule has 2 fully saturated rings. The fourth-order valence-electron chi connectivity index (χ4n) is 5.08. The number of carbonyl (C=O) groups excluding carboxylic acids is 1. The molecule has 1 amide bonds. The topological polar surface area (TPSA) is 29.1 Å². The van der Waals surface area contributed by atoms with Crippen LogP contribution in [0.1, 0.15) is 51.4 Å². The Balaban J connectivity index is 1.27. The summed E-state index contributed by atoms with van der Waals surface area (Å²) in [5, 5.41) is 5.91. The molecule has 1 saturated carbocycles. The summed E-state index contributed by atoms with van der Waals surface area (Å²) in [6.45, 7) is 2.06. The maximum absolute atomic E-state index is 12.4. The molecule has 1 aliphatic heterocycles. The molecular formula is C24H33BN2O. The summed E-state index contributed by atoms with van der Waals surface area (Å²) in [7, 11) is 5.50. The van der Waals surface area contributed by atoms with E-state index >= 15 is 0 Å². The van der Waals surface area contributed by atoms with Crippen LogP contribution in [0.2, 0.25) is 0 Å². The average Bonchev–Trinajstić information content (AvgIpc) is 2.70. The lowest BCUT2D eigenvalue weighted by atomic mass is 9.75. The Morgan fingerprint density at radius 2 is 1.71 bits per heavy atom. The Hall–Kier alpha value is -1.81. The third-order valence-electron chi connectivity index (χ3n) is 6.80. The normalized spacial score (nSPS) is 26.1. The first kappa shape index (κ1) is 19.5. The summed E-state index contributed by atoms with van der Waals surface area (Å²) in [6.07, 6.45) is 9.24. The number of piperidine rings is 1. The monoisotopic (exact) mass is 376 g/mol. The Morgan fingerprint density at radius 1 is 1.00 bits per heavy atom. The molecule has 0 spiro atoms. The van der Waals surface area contributed by atoms with Crippen molar-refractivity contribution >= 4 is 29.6 Å². The number of benzene rings is 2. The molecule has 4 heteroatoms. The summed E-state index contributed by atoms with van der Waals surface area (Å²) >= 11 is 0. The summed E-state index contributed by atoms with van der Waals surface area (Å²) in [5.74, 6) is 0.892. The minimum Gasteiger partial charge on any atom is -0.529 e. The molecule has 0 bridgehead atoms. The molecule has 0 unspecified atom stereocenters. The first-order valence-electron chi connectivity index (χ1n) is 11.1. The number of hydrogen-bond donors (Lipinski definition) is 1. The van der Waals surface area contributed by atoms with E-state index in [9.17, 15) is 4.79 Å². The molecule has 0 radical (unpaired) electrons. The van der Waals surface area contributed by atoms with Gasteiger partial charge in [-0.15, -0.1) is 0 Å². The maximum Gasteiger partial charge on any atom is 0.398 e. The molecule has 1 saturated heterocycles. The number of amides is 1. The van der Waals surface area contributed by atoms with Gasteiger partial charge in [-0.05, 0) is 35.0 Å². The van der Waals surface area contributed by atoms with Crippen molar-refractivity contribution in [2.45, 2.75) is 57.4 Å². The van der Waals surface area contributed by atoms with Gasteiger partial charge in [-0.2, -0.15) is 7.05 Å². The fourth-order valence-corrected chi connectivity index (χ4v) is 5.08. The van der Waals surface area contributed by atoms with Gasteiger partial charge < -0.3 is 9.71 Å². The van der Waals surface area contributed by atoms with Crippen LogP contribution in [0.3, 0.4) is 0 Å². The van der Waals surface area contributed by atoms with Crippen molar-refractivity contribution in [3.05, 3.63) is 49.5 Å². The van der Waals surface area contributed by atoms with Crippen molar-refractivity contribution in [1.82, 2.24) is 5.32 Å². The zero-order valence-electron chi connectivity index (χ0n) is 17.0. The van der Waals surface area contributed by atoms with Crippen LogP contribution in [-0.2, 0) is 4.79 Å². The van der Waals surface area contributed by atoms with Crippen LogP contribution in [0.4, 0.5) is 0 Å². The molecule has 0 aromatic heterocycles. The lowest BCUT2D eigenvalue weighted by Crippen LogP contribution is -2.57. The van der Waals surface area contributed by atoms with Gasteiger partial charge in [0.1, 0.15) is 0 Å². The third-order valence-corrected chi connectivity index (χ3v) is 6.80. The molecule has 3 nitrogen and oxygen atoms in total. The molecule has 2 aromatic carbocycles. The standard InChI is InChI=1S/C24H33BN2O/c1-27(25-22-12-11-20-9-5-6-10-21(20)18-22)15-13-23(14-16-27)26-24(28)17-19-7-3-2-4-8-19/h5-6,9-12,18-19,23,25H,1-4,7-8,13-17H2,(H,26,28). The summed E-state index contributed by atoms with van der Waals surface area (Å²) in [5.41, 5.74) is 1.36. The second-order valence-corrected chi connectivity index (χ2v) is 9.18. The predicted molar refractivity (Wildman–Crippen MR) is 118 cm³/mol. The predicted octanol–water partition coefficient (Wildman–Crippen LogP) is 3.67. The van der Waals surface area contributed by atoms with Crippen LogP contribution in [0.5, 0.6) is 0 Å². The first-order valence-corrected chi connectivity index (χ1v) is 11.1. The summed E-state index contributed by atoms with van der Waals surface area (Å²) in [4.78, 5) is 12.4. The largest absolute Gasteiger partial charge is 0.529 e. The highest BCUT2D eigenvalue weighted by molar-refractivity contribution is 6.46. The van der Waals surface area contributed by atoms with E-state index < -0.39 is 0 Å². The van der Waals surface area contributed by atoms with Gasteiger partial charge in [0.15, 0.2) is 0 Å². The lowest BCUT2D eigenvalue weighted by Gasteiger charge is -2.48. The van der Waals surface area contributed by atoms with Crippen molar-refractivity contribution in [2.24, 2.45) is 5.92 Å². The zero-order chi connectivity index (χ0) is 19.4. The van der Waals surface area contributed by atoms with Gasteiger partial charge in [0.05, 0.1) is 0 Å². The van der Waals surface area contributed by atoms with Crippen LogP contribution in [-0.4, -0.2) is 36.8 Å². The van der Waals surface area contributed by atoms with Crippen molar-refractivity contribution in [3.8, 4) is 0 Å². The number of hydrogen-bond acceptors (Lipinski definition) is 1. The highest BCUT2D eigenvalue weighted by atomic mass is 16.1. The molecule has 1 heterocycles. The first-order chi connectivity index (χ1) is 13.6. The van der Waals surface area contributed by atoms with Gasteiger partial charge in [0.25, 0.3) is 0 Å². The highest BCUT2D eigenvalue weighted by Gasteiger charge is 2.28. The number of carbonyl (C=O) groups is 1. The average molecular weight is 376 g/mol. The van der Waals surface area contributed by atoms with E-state index in [1.165, 1.54) is 48.3 Å². The quantitative estimate of drug-likeness (QED) is 0.626. The number of rotatable bonds is 5. The molecule has 28 heavy (non-hydrogen) atoms. The van der Waals surface area contributed by atoms with Crippen LogP contribution < -0.4 is 10.8 Å².